The van der Waals surface area contributed by atoms with Gasteiger partial charge in [0.1, 0.15) is 11.5 Å². The van der Waals surface area contributed by atoms with Crippen LogP contribution in [0.25, 0.3) is 22.2 Å². The van der Waals surface area contributed by atoms with E-state index in [1.165, 1.54) is 12.1 Å². The van der Waals surface area contributed by atoms with Crippen molar-refractivity contribution in [2.45, 2.75) is 13.3 Å². The number of H-pyrrole nitrogens is 1. The first kappa shape index (κ1) is 22.5. The molecule has 0 saturated carbocycles. The number of likely N-dealkylation sites (tertiary alicyclic amines) is 1. The Kier molecular flexibility index (Phi) is 6.13. The summed E-state index contributed by atoms with van der Waals surface area (Å²) in [7, 11) is 0. The molecule has 2 aromatic carbocycles. The summed E-state index contributed by atoms with van der Waals surface area (Å²) in [5.74, 6) is 0.533. The van der Waals surface area contributed by atoms with Gasteiger partial charge in [-0.05, 0) is 54.3 Å². The molecule has 0 aliphatic carbocycles. The van der Waals surface area contributed by atoms with Crippen LogP contribution >= 0.6 is 0 Å². The lowest BCUT2D eigenvalue weighted by Gasteiger charge is -2.14. The van der Waals surface area contributed by atoms with E-state index in [1.807, 2.05) is 17.0 Å². The Balaban J connectivity index is 1.21. The van der Waals surface area contributed by atoms with E-state index in [-0.39, 0.29) is 23.3 Å². The Labute approximate surface area is 201 Å². The van der Waals surface area contributed by atoms with Gasteiger partial charge in [0.15, 0.2) is 0 Å². The lowest BCUT2D eigenvalue weighted by Crippen LogP contribution is -2.27. The molecule has 1 fully saturated rings. The Hall–Kier alpha value is -4.27. The van der Waals surface area contributed by atoms with Crippen LogP contribution in [0.3, 0.4) is 0 Å². The number of pyridine rings is 1. The van der Waals surface area contributed by atoms with Gasteiger partial charge in [0, 0.05) is 44.0 Å². The highest BCUT2D eigenvalue weighted by molar-refractivity contribution is 6.03. The Bertz CT molecular complexity index is 1370. The number of aromatic amines is 1. The van der Waals surface area contributed by atoms with Crippen LogP contribution in [0.2, 0.25) is 0 Å². The number of halogens is 1. The van der Waals surface area contributed by atoms with Crippen LogP contribution in [0, 0.1) is 11.7 Å². The van der Waals surface area contributed by atoms with E-state index in [1.54, 1.807) is 43.5 Å². The van der Waals surface area contributed by atoms with E-state index in [4.69, 9.17) is 0 Å². The summed E-state index contributed by atoms with van der Waals surface area (Å²) in [4.78, 5) is 38.1. The van der Waals surface area contributed by atoms with E-state index in [9.17, 15) is 14.0 Å². The van der Waals surface area contributed by atoms with Gasteiger partial charge in [-0.3, -0.25) is 14.6 Å². The summed E-state index contributed by atoms with van der Waals surface area (Å²) in [6.07, 6.45) is 2.57. The summed E-state index contributed by atoms with van der Waals surface area (Å²) < 4.78 is 13.1. The summed E-state index contributed by atoms with van der Waals surface area (Å²) in [5.41, 5.74) is 4.09. The zero-order valence-corrected chi connectivity index (χ0v) is 19.2. The van der Waals surface area contributed by atoms with Gasteiger partial charge in [-0.15, -0.1) is 0 Å². The fourth-order valence-electron chi connectivity index (χ4n) is 4.23. The first-order valence-electron chi connectivity index (χ1n) is 11.5. The number of amides is 2. The molecule has 35 heavy (non-hydrogen) atoms. The minimum Gasteiger partial charge on any atom is -0.355 e. The third-order valence-corrected chi connectivity index (χ3v) is 6.20. The molecule has 3 N–H and O–H groups in total. The summed E-state index contributed by atoms with van der Waals surface area (Å²) >= 11 is 0. The molecule has 3 heterocycles. The zero-order chi connectivity index (χ0) is 24.4. The molecule has 8 nitrogen and oxygen atoms in total. The maximum Gasteiger partial charge on any atom is 0.274 e. The van der Waals surface area contributed by atoms with Gasteiger partial charge in [0.2, 0.25) is 11.9 Å². The van der Waals surface area contributed by atoms with Crippen molar-refractivity contribution in [2.24, 2.45) is 5.92 Å². The highest BCUT2D eigenvalue weighted by atomic mass is 19.1. The maximum absolute atomic E-state index is 13.1. The molecule has 1 unspecified atom stereocenters. The number of rotatable bonds is 6. The molecular weight excluding hydrogens is 447 g/mol. The molecule has 1 aliphatic heterocycles. The molecule has 0 bridgehead atoms. The second kappa shape index (κ2) is 9.54. The van der Waals surface area contributed by atoms with Crippen LogP contribution in [-0.2, 0) is 4.79 Å². The normalized spacial score (nSPS) is 15.4. The maximum atomic E-state index is 13.1. The van der Waals surface area contributed by atoms with E-state index in [0.717, 1.165) is 48.2 Å². The summed E-state index contributed by atoms with van der Waals surface area (Å²) in [6, 6.07) is 15.0. The molecule has 5 rings (SSSR count). The smallest absolute Gasteiger partial charge is 0.274 e. The van der Waals surface area contributed by atoms with E-state index >= 15 is 0 Å². The van der Waals surface area contributed by atoms with Crippen molar-refractivity contribution in [3.05, 3.63) is 72.3 Å². The Morgan fingerprint density at radius 1 is 1.11 bits per heavy atom. The van der Waals surface area contributed by atoms with Crippen LogP contribution in [0.1, 0.15) is 23.8 Å². The quantitative estimate of drug-likeness (QED) is 0.388. The molecule has 2 aromatic heterocycles. The number of hydrogen-bond acceptors (Lipinski definition) is 5. The van der Waals surface area contributed by atoms with Crippen molar-refractivity contribution in [1.82, 2.24) is 19.9 Å². The number of carbonyl (C=O) groups excluding carboxylic acids is 2. The van der Waals surface area contributed by atoms with Gasteiger partial charge in [-0.1, -0.05) is 18.2 Å². The molecule has 1 saturated heterocycles. The third-order valence-electron chi connectivity index (χ3n) is 6.20. The molecule has 0 radical (unpaired) electrons. The number of carbonyl (C=O) groups is 2. The summed E-state index contributed by atoms with van der Waals surface area (Å²) in [5, 5.41) is 6.18. The number of benzene rings is 2. The molecule has 1 aliphatic rings. The SMILES string of the molecule is CC(=O)N1CCC(CNc2nc3ccc(NC(=O)c4ccc(-c5ccc(F)cc5)cn4)cc3[nH]2)C1. The minimum atomic E-state index is -0.330. The Morgan fingerprint density at radius 2 is 1.91 bits per heavy atom. The third kappa shape index (κ3) is 5.13. The number of imidazole rings is 1. The van der Waals surface area contributed by atoms with Gasteiger partial charge in [0.05, 0.1) is 11.0 Å². The first-order valence-corrected chi connectivity index (χ1v) is 11.5. The van der Waals surface area contributed by atoms with E-state index < -0.39 is 0 Å². The van der Waals surface area contributed by atoms with Crippen molar-refractivity contribution in [3.8, 4) is 11.1 Å². The largest absolute Gasteiger partial charge is 0.355 e. The van der Waals surface area contributed by atoms with Crippen molar-refractivity contribution >= 4 is 34.5 Å². The standard InChI is InChI=1S/C26H25FN6O2/c1-16(34)33-11-10-17(15-33)13-29-26-31-22-9-7-21(12-24(22)32-26)30-25(35)23-8-4-19(14-28-23)18-2-5-20(27)6-3-18/h2-9,12,14,17H,10-11,13,15H2,1H3,(H,30,35)(H2,29,31,32). The number of aromatic nitrogens is 3. The predicted molar refractivity (Wildman–Crippen MR) is 133 cm³/mol. The van der Waals surface area contributed by atoms with Gasteiger partial charge in [-0.25, -0.2) is 9.37 Å². The zero-order valence-electron chi connectivity index (χ0n) is 19.2. The van der Waals surface area contributed by atoms with Crippen LogP contribution in [-0.4, -0.2) is 51.3 Å². The highest BCUT2D eigenvalue weighted by Crippen LogP contribution is 2.22. The fraction of sp³-hybridized carbons (Fsp3) is 0.231. The predicted octanol–water partition coefficient (Wildman–Crippen LogP) is 4.30. The molecule has 9 heteroatoms. The van der Waals surface area contributed by atoms with Gasteiger partial charge in [0.25, 0.3) is 5.91 Å². The number of anilines is 2. The van der Waals surface area contributed by atoms with Crippen LogP contribution in [0.5, 0.6) is 0 Å². The molecule has 178 valence electrons. The van der Waals surface area contributed by atoms with Gasteiger partial charge in [-0.2, -0.15) is 0 Å². The lowest BCUT2D eigenvalue weighted by atomic mass is 10.1. The van der Waals surface area contributed by atoms with Crippen LogP contribution in [0.4, 0.5) is 16.0 Å². The fourth-order valence-corrected chi connectivity index (χ4v) is 4.23. The van der Waals surface area contributed by atoms with Crippen molar-refractivity contribution in [1.29, 1.82) is 0 Å². The average Bonchev–Trinajstić information content (AvgIpc) is 3.50. The van der Waals surface area contributed by atoms with Crippen molar-refractivity contribution < 1.29 is 14.0 Å². The van der Waals surface area contributed by atoms with Crippen molar-refractivity contribution in [3.63, 3.8) is 0 Å². The topological polar surface area (TPSA) is 103 Å². The molecule has 4 aromatic rings. The second-order valence-corrected chi connectivity index (χ2v) is 8.71. The Morgan fingerprint density at radius 3 is 2.63 bits per heavy atom. The van der Waals surface area contributed by atoms with Crippen LogP contribution < -0.4 is 10.6 Å². The van der Waals surface area contributed by atoms with E-state index in [0.29, 0.717) is 17.6 Å². The minimum absolute atomic E-state index is 0.116. The average molecular weight is 473 g/mol. The number of fused-ring (bicyclic) bond motifs is 1. The van der Waals surface area contributed by atoms with E-state index in [2.05, 4.69) is 25.6 Å². The molecule has 2 amide bonds. The molecular formula is C26H25FN6O2. The molecule has 0 spiro atoms. The number of hydrogen-bond donors (Lipinski definition) is 3. The van der Waals surface area contributed by atoms with Gasteiger partial charge >= 0.3 is 0 Å². The summed E-state index contributed by atoms with van der Waals surface area (Å²) in [6.45, 7) is 3.89. The first-order chi connectivity index (χ1) is 16.9. The second-order valence-electron chi connectivity index (χ2n) is 8.71. The monoisotopic (exact) mass is 472 g/mol. The van der Waals surface area contributed by atoms with Crippen LogP contribution in [0.15, 0.2) is 60.8 Å². The molecule has 1 atom stereocenters. The highest BCUT2D eigenvalue weighted by Gasteiger charge is 2.24. The lowest BCUT2D eigenvalue weighted by molar-refractivity contribution is -0.127. The number of nitrogens with zero attached hydrogens (tertiary/aromatic N) is 3. The van der Waals surface area contributed by atoms with Crippen molar-refractivity contribution in [2.75, 3.05) is 30.3 Å². The number of nitrogens with one attached hydrogen (secondary N) is 3. The van der Waals surface area contributed by atoms with Gasteiger partial charge < -0.3 is 20.5 Å².